The van der Waals surface area contributed by atoms with Gasteiger partial charge in [-0.1, -0.05) is 0 Å². The van der Waals surface area contributed by atoms with E-state index in [2.05, 4.69) is 10.6 Å². The molecule has 1 saturated carbocycles. The van der Waals surface area contributed by atoms with Gasteiger partial charge in [-0.15, -0.1) is 0 Å². The molecule has 1 heterocycles. The van der Waals surface area contributed by atoms with Crippen LogP contribution in [0.3, 0.4) is 0 Å². The first kappa shape index (κ1) is 24.5. The van der Waals surface area contributed by atoms with Gasteiger partial charge in [0.2, 0.25) is 4.75 Å². The lowest BCUT2D eigenvalue weighted by Crippen LogP contribution is -2.51. The molecule has 2 fully saturated rings. The smallest absolute Gasteiger partial charge is 0.299 e. The van der Waals surface area contributed by atoms with Crippen molar-refractivity contribution in [2.24, 2.45) is 5.41 Å². The van der Waals surface area contributed by atoms with Crippen molar-refractivity contribution in [1.82, 2.24) is 16.1 Å². The fraction of sp³-hybridized carbons (Fsp3) is 0.417. The largest absolute Gasteiger partial charge is 0.611 e. The van der Waals surface area contributed by atoms with Crippen LogP contribution in [0.5, 0.6) is 11.5 Å². The van der Waals surface area contributed by atoms with Gasteiger partial charge in [-0.05, 0) is 74.2 Å². The Morgan fingerprint density at radius 1 is 1.09 bits per heavy atom. The van der Waals surface area contributed by atoms with E-state index in [4.69, 9.17) is 4.74 Å². The molecule has 1 aliphatic carbocycles. The molecule has 10 heteroatoms. The molecule has 2 aromatic rings. The van der Waals surface area contributed by atoms with Gasteiger partial charge in [0, 0.05) is 37.1 Å². The van der Waals surface area contributed by atoms with E-state index in [1.54, 1.807) is 29.7 Å². The number of hydrogen-bond donors (Lipinski definition) is 4. The van der Waals surface area contributed by atoms with Gasteiger partial charge in [0.25, 0.3) is 11.8 Å². The Hall–Kier alpha value is -2.66. The van der Waals surface area contributed by atoms with Gasteiger partial charge in [-0.2, -0.15) is 0 Å². The normalized spacial score (nSPS) is 22.2. The molecule has 2 aliphatic rings. The number of halogens is 1. The highest BCUT2D eigenvalue weighted by Crippen LogP contribution is 2.54. The molecule has 0 aromatic heterocycles. The molecular formula is C24H28FN3O5S. The van der Waals surface area contributed by atoms with Crippen LogP contribution in [0.4, 0.5) is 4.39 Å². The van der Waals surface area contributed by atoms with Crippen molar-refractivity contribution in [2.75, 3.05) is 20.1 Å². The molecule has 0 radical (unpaired) electrons. The van der Waals surface area contributed by atoms with Crippen LogP contribution in [-0.2, 0) is 16.0 Å². The second kappa shape index (κ2) is 9.91. The Morgan fingerprint density at radius 2 is 1.76 bits per heavy atom. The van der Waals surface area contributed by atoms with Gasteiger partial charge in [0.15, 0.2) is 4.90 Å². The summed E-state index contributed by atoms with van der Waals surface area (Å²) in [7, 11) is 1.42. The standard InChI is InChI=1S/C24H28FN3O5S/c1-26-21(29)19-7-4-17(14-20(19)25)33-16-2-5-18(6-3-16)34(32)24(22(30)28-31)9-8-23(15-24)10-12-27-13-11-23/h2-7,14,27,31H,8-13,15H2,1H3,(H,26,29)(H,28,30). The second-order valence-electron chi connectivity index (χ2n) is 8.92. The zero-order valence-corrected chi connectivity index (χ0v) is 19.7. The molecular weight excluding hydrogens is 461 g/mol. The maximum Gasteiger partial charge on any atom is 0.299 e. The van der Waals surface area contributed by atoms with Crippen LogP contribution in [0.15, 0.2) is 47.4 Å². The van der Waals surface area contributed by atoms with Crippen LogP contribution >= 0.6 is 0 Å². The van der Waals surface area contributed by atoms with E-state index in [0.717, 1.165) is 38.4 Å². The first-order chi connectivity index (χ1) is 16.3. The Kier molecular flexibility index (Phi) is 7.13. The number of amides is 2. The second-order valence-corrected chi connectivity index (χ2v) is 10.7. The van der Waals surface area contributed by atoms with Gasteiger partial charge in [-0.3, -0.25) is 14.8 Å². The zero-order valence-electron chi connectivity index (χ0n) is 18.9. The maximum atomic E-state index is 14.2. The number of piperidine rings is 1. The Balaban J connectivity index is 1.51. The fourth-order valence-corrected chi connectivity index (χ4v) is 6.82. The molecule has 4 rings (SSSR count). The first-order valence-electron chi connectivity index (χ1n) is 11.2. The van der Waals surface area contributed by atoms with Crippen LogP contribution in [0.2, 0.25) is 0 Å². The number of rotatable bonds is 6. The summed E-state index contributed by atoms with van der Waals surface area (Å²) >= 11 is -1.70. The molecule has 4 N–H and O–H groups in total. The van der Waals surface area contributed by atoms with Crippen LogP contribution in [0.25, 0.3) is 0 Å². The first-order valence-corrected chi connectivity index (χ1v) is 12.3. The Labute approximate surface area is 200 Å². The summed E-state index contributed by atoms with van der Waals surface area (Å²) in [5.74, 6) is -1.27. The summed E-state index contributed by atoms with van der Waals surface area (Å²) < 4.78 is 32.3. The quantitative estimate of drug-likeness (QED) is 0.281. The minimum absolute atomic E-state index is 0.0542. The van der Waals surface area contributed by atoms with E-state index < -0.39 is 33.6 Å². The summed E-state index contributed by atoms with van der Waals surface area (Å²) in [6.07, 6.45) is 3.49. The molecule has 1 aliphatic heterocycles. The average molecular weight is 490 g/mol. The van der Waals surface area contributed by atoms with Crippen molar-refractivity contribution in [1.29, 1.82) is 0 Å². The molecule has 8 nitrogen and oxygen atoms in total. The van der Waals surface area contributed by atoms with E-state index in [0.29, 0.717) is 23.5 Å². The van der Waals surface area contributed by atoms with E-state index in [1.807, 2.05) is 0 Å². The summed E-state index contributed by atoms with van der Waals surface area (Å²) in [5.41, 5.74) is 1.61. The topological polar surface area (TPSA) is 123 Å². The van der Waals surface area contributed by atoms with Gasteiger partial charge < -0.3 is 19.9 Å². The molecule has 0 bridgehead atoms. The molecule has 2 aromatic carbocycles. The number of carbonyl (C=O) groups excluding carboxylic acids is 2. The van der Waals surface area contributed by atoms with E-state index >= 15 is 0 Å². The lowest BCUT2D eigenvalue weighted by Gasteiger charge is -2.36. The van der Waals surface area contributed by atoms with Gasteiger partial charge in [0.1, 0.15) is 17.3 Å². The Morgan fingerprint density at radius 3 is 2.38 bits per heavy atom. The van der Waals surface area contributed by atoms with Crippen LogP contribution in [0, 0.1) is 11.2 Å². The van der Waals surface area contributed by atoms with Gasteiger partial charge in [-0.25, -0.2) is 9.87 Å². The van der Waals surface area contributed by atoms with Gasteiger partial charge in [0.05, 0.1) is 5.56 Å². The molecule has 2 unspecified atom stereocenters. The molecule has 182 valence electrons. The lowest BCUT2D eigenvalue weighted by atomic mass is 9.77. The number of benzene rings is 2. The molecule has 2 atom stereocenters. The van der Waals surface area contributed by atoms with Crippen LogP contribution in [0.1, 0.15) is 42.5 Å². The predicted octanol–water partition coefficient (Wildman–Crippen LogP) is 2.88. The average Bonchev–Trinajstić information content (AvgIpc) is 3.23. The third-order valence-corrected chi connectivity index (χ3v) is 8.88. The minimum Gasteiger partial charge on any atom is -0.611 e. The number of hydroxylamine groups is 1. The lowest BCUT2D eigenvalue weighted by molar-refractivity contribution is -0.132. The summed E-state index contributed by atoms with van der Waals surface area (Å²) in [6, 6.07) is 10.3. The minimum atomic E-state index is -1.70. The monoisotopic (exact) mass is 489 g/mol. The molecule has 2 amide bonds. The molecule has 34 heavy (non-hydrogen) atoms. The summed E-state index contributed by atoms with van der Waals surface area (Å²) in [5, 5.41) is 15.1. The summed E-state index contributed by atoms with van der Waals surface area (Å²) in [6.45, 7) is 1.72. The van der Waals surface area contributed by atoms with E-state index in [-0.39, 0.29) is 16.7 Å². The molecule has 1 spiro atoms. The zero-order chi connectivity index (χ0) is 24.3. The predicted molar refractivity (Wildman–Crippen MR) is 124 cm³/mol. The van der Waals surface area contributed by atoms with Crippen molar-refractivity contribution in [3.05, 3.63) is 53.8 Å². The van der Waals surface area contributed by atoms with Crippen LogP contribution < -0.4 is 20.9 Å². The van der Waals surface area contributed by atoms with Crippen molar-refractivity contribution in [3.63, 3.8) is 0 Å². The van der Waals surface area contributed by atoms with Crippen molar-refractivity contribution in [3.8, 4) is 11.5 Å². The molecule has 1 saturated heterocycles. The number of carbonyl (C=O) groups is 2. The van der Waals surface area contributed by atoms with E-state index in [1.165, 1.54) is 19.2 Å². The SMILES string of the molecule is CNC(=O)c1ccc(Oc2ccc([S+]([O-])C3(C(=O)NO)CCC4(CCNCC4)C3)cc2)cc1F. The third kappa shape index (κ3) is 4.63. The van der Waals surface area contributed by atoms with Crippen molar-refractivity contribution >= 4 is 23.0 Å². The fourth-order valence-electron chi connectivity index (χ4n) is 5.04. The Bertz CT molecular complexity index is 1060. The van der Waals surface area contributed by atoms with Gasteiger partial charge >= 0.3 is 0 Å². The van der Waals surface area contributed by atoms with Crippen molar-refractivity contribution in [2.45, 2.75) is 41.7 Å². The van der Waals surface area contributed by atoms with Crippen molar-refractivity contribution < 1.29 is 28.5 Å². The number of nitrogens with one attached hydrogen (secondary N) is 3. The highest BCUT2D eigenvalue weighted by molar-refractivity contribution is 7.93. The van der Waals surface area contributed by atoms with E-state index in [9.17, 15) is 23.7 Å². The van der Waals surface area contributed by atoms with Crippen LogP contribution in [-0.4, -0.2) is 46.5 Å². The maximum absolute atomic E-state index is 14.2. The summed E-state index contributed by atoms with van der Waals surface area (Å²) in [4.78, 5) is 24.8. The highest BCUT2D eigenvalue weighted by Gasteiger charge is 2.60. The third-order valence-electron chi connectivity index (χ3n) is 6.94. The number of hydrogen-bond acceptors (Lipinski definition) is 6. The highest BCUT2D eigenvalue weighted by atomic mass is 32.2. The number of ether oxygens (including phenoxy) is 1.